The lowest BCUT2D eigenvalue weighted by Crippen LogP contribution is -2.38. The SMILES string of the molecule is CC[C@@H](CNC(=O)[C@@H](C)OC(=O)c1cc(Cl)c2c(c1)OCO2)c1ccccc1. The molecule has 2 aromatic carbocycles. The van der Waals surface area contributed by atoms with Crippen LogP contribution in [-0.4, -0.2) is 31.3 Å². The fourth-order valence-electron chi connectivity index (χ4n) is 2.96. The number of carbonyl (C=O) groups is 2. The number of carbonyl (C=O) groups excluding carboxylic acids is 2. The number of amides is 1. The Morgan fingerprint density at radius 3 is 2.68 bits per heavy atom. The van der Waals surface area contributed by atoms with Crippen LogP contribution in [0.25, 0.3) is 0 Å². The van der Waals surface area contributed by atoms with Crippen molar-refractivity contribution in [2.45, 2.75) is 32.3 Å². The monoisotopic (exact) mass is 403 g/mol. The van der Waals surface area contributed by atoms with E-state index < -0.39 is 12.1 Å². The summed E-state index contributed by atoms with van der Waals surface area (Å²) in [4.78, 5) is 24.7. The predicted octanol–water partition coefficient (Wildman–Crippen LogP) is 3.92. The van der Waals surface area contributed by atoms with Crippen LogP contribution in [0.2, 0.25) is 5.02 Å². The van der Waals surface area contributed by atoms with Crippen LogP contribution in [0.4, 0.5) is 0 Å². The second-order valence-corrected chi connectivity index (χ2v) is 6.91. The van der Waals surface area contributed by atoms with Crippen LogP contribution in [-0.2, 0) is 9.53 Å². The Kier molecular flexibility index (Phi) is 6.41. The molecule has 1 aliphatic heterocycles. The van der Waals surface area contributed by atoms with Crippen LogP contribution in [0.15, 0.2) is 42.5 Å². The Balaban J connectivity index is 1.57. The maximum atomic E-state index is 12.4. The summed E-state index contributed by atoms with van der Waals surface area (Å²) >= 11 is 6.08. The Morgan fingerprint density at radius 1 is 1.21 bits per heavy atom. The molecule has 3 rings (SSSR count). The van der Waals surface area contributed by atoms with Crippen molar-refractivity contribution in [3.8, 4) is 11.5 Å². The zero-order chi connectivity index (χ0) is 20.1. The molecule has 0 spiro atoms. The van der Waals surface area contributed by atoms with Crippen molar-refractivity contribution in [1.29, 1.82) is 0 Å². The summed E-state index contributed by atoms with van der Waals surface area (Å²) in [5.74, 6) is -0.0334. The minimum atomic E-state index is -0.940. The van der Waals surface area contributed by atoms with Gasteiger partial charge >= 0.3 is 5.97 Å². The number of benzene rings is 2. The van der Waals surface area contributed by atoms with Gasteiger partial charge in [-0.2, -0.15) is 0 Å². The Morgan fingerprint density at radius 2 is 1.96 bits per heavy atom. The molecule has 1 heterocycles. The van der Waals surface area contributed by atoms with Crippen LogP contribution in [0.5, 0.6) is 11.5 Å². The normalized spacial score (nSPS) is 14.2. The quantitative estimate of drug-likeness (QED) is 0.709. The molecule has 28 heavy (non-hydrogen) atoms. The van der Waals surface area contributed by atoms with Crippen molar-refractivity contribution in [3.63, 3.8) is 0 Å². The second-order valence-electron chi connectivity index (χ2n) is 6.50. The molecule has 1 amide bonds. The highest BCUT2D eigenvalue weighted by atomic mass is 35.5. The van der Waals surface area contributed by atoms with Crippen LogP contribution in [0.3, 0.4) is 0 Å². The van der Waals surface area contributed by atoms with Crippen molar-refractivity contribution in [2.75, 3.05) is 13.3 Å². The van der Waals surface area contributed by atoms with E-state index in [1.165, 1.54) is 19.1 Å². The molecule has 7 heteroatoms. The first kappa shape index (κ1) is 20.0. The smallest absolute Gasteiger partial charge is 0.339 e. The molecule has 148 valence electrons. The van der Waals surface area contributed by atoms with Gasteiger partial charge in [0.15, 0.2) is 17.6 Å². The molecule has 0 saturated carbocycles. The number of halogens is 1. The van der Waals surface area contributed by atoms with Gasteiger partial charge in [-0.1, -0.05) is 48.9 Å². The van der Waals surface area contributed by atoms with Gasteiger partial charge < -0.3 is 19.5 Å². The number of hydrogen-bond donors (Lipinski definition) is 1. The van der Waals surface area contributed by atoms with E-state index >= 15 is 0 Å². The van der Waals surface area contributed by atoms with Gasteiger partial charge in [-0.3, -0.25) is 4.79 Å². The van der Waals surface area contributed by atoms with Gasteiger partial charge in [0.2, 0.25) is 6.79 Å². The van der Waals surface area contributed by atoms with E-state index in [2.05, 4.69) is 12.2 Å². The Hall–Kier alpha value is -2.73. The first-order valence-electron chi connectivity index (χ1n) is 9.12. The van der Waals surface area contributed by atoms with Gasteiger partial charge in [0.1, 0.15) is 0 Å². The molecule has 0 bridgehead atoms. The lowest BCUT2D eigenvalue weighted by molar-refractivity contribution is -0.129. The Labute approximate surface area is 168 Å². The minimum Gasteiger partial charge on any atom is -0.454 e. The van der Waals surface area contributed by atoms with Crippen molar-refractivity contribution in [3.05, 3.63) is 58.6 Å². The zero-order valence-electron chi connectivity index (χ0n) is 15.7. The molecule has 0 fully saturated rings. The number of nitrogens with one attached hydrogen (secondary N) is 1. The van der Waals surface area contributed by atoms with E-state index in [0.717, 1.165) is 12.0 Å². The summed E-state index contributed by atoms with van der Waals surface area (Å²) in [6, 6.07) is 12.9. The molecular formula is C21H22ClNO5. The molecule has 0 unspecified atom stereocenters. The largest absolute Gasteiger partial charge is 0.454 e. The van der Waals surface area contributed by atoms with Gasteiger partial charge in [0, 0.05) is 12.5 Å². The number of fused-ring (bicyclic) bond motifs is 1. The molecule has 0 aromatic heterocycles. The molecule has 0 aliphatic carbocycles. The topological polar surface area (TPSA) is 73.9 Å². The van der Waals surface area contributed by atoms with E-state index in [-0.39, 0.29) is 29.2 Å². The molecule has 6 nitrogen and oxygen atoms in total. The van der Waals surface area contributed by atoms with Gasteiger partial charge in [0.05, 0.1) is 10.6 Å². The third kappa shape index (κ3) is 4.57. The molecule has 2 aromatic rings. The Bertz CT molecular complexity index is 855. The highest BCUT2D eigenvalue weighted by molar-refractivity contribution is 6.32. The van der Waals surface area contributed by atoms with E-state index in [0.29, 0.717) is 18.0 Å². The van der Waals surface area contributed by atoms with Gasteiger partial charge in [-0.05, 0) is 31.0 Å². The second kappa shape index (κ2) is 8.97. The van der Waals surface area contributed by atoms with E-state index in [9.17, 15) is 9.59 Å². The zero-order valence-corrected chi connectivity index (χ0v) is 16.5. The van der Waals surface area contributed by atoms with Crippen LogP contribution in [0.1, 0.15) is 42.1 Å². The first-order chi connectivity index (χ1) is 13.5. The van der Waals surface area contributed by atoms with E-state index in [1.54, 1.807) is 0 Å². The number of rotatable bonds is 7. The molecule has 0 radical (unpaired) electrons. The average molecular weight is 404 g/mol. The van der Waals surface area contributed by atoms with Gasteiger partial charge in [0.25, 0.3) is 5.91 Å². The molecule has 0 saturated heterocycles. The average Bonchev–Trinajstić information content (AvgIpc) is 3.18. The van der Waals surface area contributed by atoms with Gasteiger partial charge in [-0.15, -0.1) is 0 Å². The summed E-state index contributed by atoms with van der Waals surface area (Å²) in [7, 11) is 0. The van der Waals surface area contributed by atoms with Crippen LogP contribution < -0.4 is 14.8 Å². The number of hydrogen-bond acceptors (Lipinski definition) is 5. The maximum absolute atomic E-state index is 12.4. The predicted molar refractivity (Wildman–Crippen MR) is 105 cm³/mol. The summed E-state index contributed by atoms with van der Waals surface area (Å²) in [5.41, 5.74) is 1.36. The van der Waals surface area contributed by atoms with E-state index in [4.69, 9.17) is 25.8 Å². The minimum absolute atomic E-state index is 0.0480. The fraction of sp³-hybridized carbons (Fsp3) is 0.333. The lowest BCUT2D eigenvalue weighted by Gasteiger charge is -2.18. The maximum Gasteiger partial charge on any atom is 0.339 e. The fourth-order valence-corrected chi connectivity index (χ4v) is 3.22. The molecule has 2 atom stereocenters. The van der Waals surface area contributed by atoms with E-state index in [1.807, 2.05) is 30.3 Å². The molecule has 1 N–H and O–H groups in total. The summed E-state index contributed by atoms with van der Waals surface area (Å²) in [6.45, 7) is 4.12. The van der Waals surface area contributed by atoms with Gasteiger partial charge in [-0.25, -0.2) is 4.79 Å². The summed E-state index contributed by atoms with van der Waals surface area (Å²) in [5, 5.41) is 3.11. The van der Waals surface area contributed by atoms with Crippen molar-refractivity contribution in [1.82, 2.24) is 5.32 Å². The number of esters is 1. The van der Waals surface area contributed by atoms with Crippen molar-refractivity contribution in [2.24, 2.45) is 0 Å². The first-order valence-corrected chi connectivity index (χ1v) is 9.50. The third-order valence-corrected chi connectivity index (χ3v) is 4.88. The summed E-state index contributed by atoms with van der Waals surface area (Å²) < 4.78 is 15.7. The molecular weight excluding hydrogens is 382 g/mol. The highest BCUT2D eigenvalue weighted by Crippen LogP contribution is 2.39. The number of ether oxygens (including phenoxy) is 3. The van der Waals surface area contributed by atoms with Crippen LogP contribution in [0, 0.1) is 0 Å². The molecule has 1 aliphatic rings. The lowest BCUT2D eigenvalue weighted by atomic mass is 9.96. The highest BCUT2D eigenvalue weighted by Gasteiger charge is 2.24. The van der Waals surface area contributed by atoms with Crippen LogP contribution >= 0.6 is 11.6 Å². The van der Waals surface area contributed by atoms with Crippen molar-refractivity contribution >= 4 is 23.5 Å². The summed E-state index contributed by atoms with van der Waals surface area (Å²) in [6.07, 6.45) is -0.0567. The third-order valence-electron chi connectivity index (χ3n) is 4.60. The van der Waals surface area contributed by atoms with Crippen molar-refractivity contribution < 1.29 is 23.8 Å². The standard InChI is InChI=1S/C21H22ClNO5/c1-3-14(15-7-5-4-6-8-15)11-23-20(24)13(2)28-21(25)16-9-17(22)19-18(10-16)26-12-27-19/h4-10,13-14H,3,11-12H2,1-2H3,(H,23,24)/t13-,14+/m1/s1.